The fourth-order valence-corrected chi connectivity index (χ4v) is 4.65. The molecule has 1 fully saturated rings. The van der Waals surface area contributed by atoms with Crippen LogP contribution in [0.1, 0.15) is 30.9 Å². The number of ether oxygens (including phenoxy) is 3. The van der Waals surface area contributed by atoms with Gasteiger partial charge in [-0.15, -0.1) is 0 Å². The third-order valence-corrected chi connectivity index (χ3v) is 6.43. The van der Waals surface area contributed by atoms with E-state index in [2.05, 4.69) is 35.2 Å². The fourth-order valence-electron chi connectivity index (χ4n) is 4.65. The van der Waals surface area contributed by atoms with Crippen molar-refractivity contribution in [2.75, 3.05) is 54.1 Å². The first-order chi connectivity index (χ1) is 15.9. The van der Waals surface area contributed by atoms with Gasteiger partial charge in [0, 0.05) is 51.7 Å². The molecule has 0 spiro atoms. The number of likely N-dealkylation sites (tertiary alicyclic amines) is 1. The molecular formula is C27H38N2O4. The summed E-state index contributed by atoms with van der Waals surface area (Å²) >= 11 is 0. The maximum absolute atomic E-state index is 12.9. The largest absolute Gasteiger partial charge is 0.497 e. The molecule has 1 aliphatic heterocycles. The van der Waals surface area contributed by atoms with Crippen molar-refractivity contribution in [3.63, 3.8) is 0 Å². The zero-order chi connectivity index (χ0) is 23.8. The van der Waals surface area contributed by atoms with Crippen LogP contribution in [0.5, 0.6) is 11.5 Å². The number of hydrogen-bond donors (Lipinski definition) is 0. The number of rotatable bonds is 11. The highest BCUT2D eigenvalue weighted by atomic mass is 16.5. The first-order valence-corrected chi connectivity index (χ1v) is 11.7. The molecule has 0 bridgehead atoms. The molecule has 1 aliphatic rings. The van der Waals surface area contributed by atoms with Crippen LogP contribution in [-0.4, -0.2) is 69.8 Å². The minimum Gasteiger partial charge on any atom is -0.497 e. The lowest BCUT2D eigenvalue weighted by atomic mass is 9.88. The lowest BCUT2D eigenvalue weighted by molar-refractivity contribution is -0.135. The molecule has 0 radical (unpaired) electrons. The van der Waals surface area contributed by atoms with Crippen molar-refractivity contribution in [1.82, 2.24) is 9.80 Å². The highest BCUT2D eigenvalue weighted by molar-refractivity contribution is 5.78. The van der Waals surface area contributed by atoms with Crippen LogP contribution >= 0.6 is 0 Å². The second kappa shape index (κ2) is 12.1. The summed E-state index contributed by atoms with van der Waals surface area (Å²) in [5.41, 5.74) is 2.52. The monoisotopic (exact) mass is 454 g/mol. The van der Waals surface area contributed by atoms with Gasteiger partial charge in [-0.3, -0.25) is 9.69 Å². The maximum Gasteiger partial charge on any atom is 0.225 e. The zero-order valence-electron chi connectivity index (χ0n) is 20.6. The number of carbonyl (C=O) groups is 1. The van der Waals surface area contributed by atoms with Crippen molar-refractivity contribution in [3.05, 3.63) is 59.7 Å². The van der Waals surface area contributed by atoms with E-state index in [1.807, 2.05) is 36.9 Å². The third kappa shape index (κ3) is 6.71. The van der Waals surface area contributed by atoms with Gasteiger partial charge >= 0.3 is 0 Å². The van der Waals surface area contributed by atoms with Crippen molar-refractivity contribution in [1.29, 1.82) is 0 Å². The minimum atomic E-state index is -0.0334. The summed E-state index contributed by atoms with van der Waals surface area (Å²) in [4.78, 5) is 17.4. The van der Waals surface area contributed by atoms with E-state index in [0.717, 1.165) is 37.7 Å². The Morgan fingerprint density at radius 3 is 2.39 bits per heavy atom. The molecular weight excluding hydrogens is 416 g/mol. The average molecular weight is 455 g/mol. The molecule has 0 aromatic heterocycles. The molecule has 2 atom stereocenters. The molecule has 1 heterocycles. The van der Waals surface area contributed by atoms with Gasteiger partial charge in [0.15, 0.2) is 0 Å². The van der Waals surface area contributed by atoms with Gasteiger partial charge in [-0.05, 0) is 41.3 Å². The van der Waals surface area contributed by atoms with E-state index in [9.17, 15) is 4.79 Å². The van der Waals surface area contributed by atoms with Gasteiger partial charge < -0.3 is 19.1 Å². The summed E-state index contributed by atoms with van der Waals surface area (Å²) in [6.07, 6.45) is 0. The van der Waals surface area contributed by atoms with Crippen molar-refractivity contribution in [2.45, 2.75) is 26.3 Å². The number of methoxy groups -OCH3 is 3. The van der Waals surface area contributed by atoms with E-state index in [4.69, 9.17) is 14.2 Å². The Labute approximate surface area is 198 Å². The molecule has 6 heteroatoms. The van der Waals surface area contributed by atoms with Crippen LogP contribution in [0.3, 0.4) is 0 Å². The van der Waals surface area contributed by atoms with Crippen LogP contribution in [-0.2, 0) is 16.1 Å². The number of nitrogens with zero attached hydrogens (tertiary/aromatic N) is 2. The van der Waals surface area contributed by atoms with Crippen LogP contribution in [0.25, 0.3) is 0 Å². The molecule has 1 amide bonds. The number of hydrogen-bond acceptors (Lipinski definition) is 5. The van der Waals surface area contributed by atoms with E-state index >= 15 is 0 Å². The first-order valence-electron chi connectivity index (χ1n) is 11.7. The van der Waals surface area contributed by atoms with Crippen LogP contribution in [0.4, 0.5) is 0 Å². The van der Waals surface area contributed by atoms with Gasteiger partial charge in [-0.2, -0.15) is 0 Å². The molecule has 1 saturated heterocycles. The highest BCUT2D eigenvalue weighted by Crippen LogP contribution is 2.35. The summed E-state index contributed by atoms with van der Waals surface area (Å²) in [5, 5.41) is 0. The summed E-state index contributed by atoms with van der Waals surface area (Å²) in [6.45, 7) is 8.57. The van der Waals surface area contributed by atoms with Crippen LogP contribution < -0.4 is 9.47 Å². The molecule has 0 unspecified atom stereocenters. The molecule has 0 saturated carbocycles. The molecule has 0 aliphatic carbocycles. The summed E-state index contributed by atoms with van der Waals surface area (Å²) < 4.78 is 16.1. The Kier molecular flexibility index (Phi) is 9.15. The van der Waals surface area contributed by atoms with Crippen LogP contribution in [0, 0.1) is 11.8 Å². The van der Waals surface area contributed by atoms with Gasteiger partial charge in [0.25, 0.3) is 0 Å². The molecule has 180 valence electrons. The van der Waals surface area contributed by atoms with Crippen LogP contribution in [0.2, 0.25) is 0 Å². The number of benzene rings is 2. The predicted octanol–water partition coefficient (Wildman–Crippen LogP) is 4.05. The Bertz CT molecular complexity index is 884. The standard InChI is InChI=1S/C27H38N2O4/c1-20(2)27(30)29(13-14-31-3)18-23-17-28(16-21-9-11-24(32-4)12-10-21)19-26(23)22-7-6-8-25(15-22)33-5/h6-12,15,20,23,26H,13-14,16-19H2,1-5H3/t23-,26-/m0/s1. The van der Waals surface area contributed by atoms with Crippen molar-refractivity contribution >= 4 is 5.91 Å². The first kappa shape index (κ1) is 25.1. The SMILES string of the molecule is COCCN(C[C@@H]1CN(Cc2ccc(OC)cc2)C[C@H]1c1cccc(OC)c1)C(=O)C(C)C. The topological polar surface area (TPSA) is 51.2 Å². The highest BCUT2D eigenvalue weighted by Gasteiger charge is 2.36. The lowest BCUT2D eigenvalue weighted by Gasteiger charge is -2.30. The quantitative estimate of drug-likeness (QED) is 0.513. The van der Waals surface area contributed by atoms with Crippen molar-refractivity contribution in [3.8, 4) is 11.5 Å². The van der Waals surface area contributed by atoms with E-state index in [0.29, 0.717) is 25.0 Å². The minimum absolute atomic E-state index is 0.0334. The molecule has 2 aromatic rings. The van der Waals surface area contributed by atoms with E-state index in [1.54, 1.807) is 21.3 Å². The summed E-state index contributed by atoms with van der Waals surface area (Å²) in [7, 11) is 5.07. The van der Waals surface area contributed by atoms with Crippen molar-refractivity contribution < 1.29 is 19.0 Å². The summed E-state index contributed by atoms with van der Waals surface area (Å²) in [5.74, 6) is 2.54. The zero-order valence-corrected chi connectivity index (χ0v) is 20.6. The number of carbonyl (C=O) groups excluding carboxylic acids is 1. The Balaban J connectivity index is 1.81. The normalized spacial score (nSPS) is 18.5. The third-order valence-electron chi connectivity index (χ3n) is 6.43. The smallest absolute Gasteiger partial charge is 0.225 e. The van der Waals surface area contributed by atoms with Crippen molar-refractivity contribution in [2.24, 2.45) is 11.8 Å². The molecule has 0 N–H and O–H groups in total. The van der Waals surface area contributed by atoms with Crippen LogP contribution in [0.15, 0.2) is 48.5 Å². The molecule has 3 rings (SSSR count). The lowest BCUT2D eigenvalue weighted by Crippen LogP contribution is -2.41. The Hall–Kier alpha value is -2.57. The second-order valence-electron chi connectivity index (χ2n) is 9.12. The predicted molar refractivity (Wildman–Crippen MR) is 131 cm³/mol. The van der Waals surface area contributed by atoms with E-state index in [1.165, 1.54) is 11.1 Å². The van der Waals surface area contributed by atoms with E-state index < -0.39 is 0 Å². The second-order valence-corrected chi connectivity index (χ2v) is 9.12. The van der Waals surface area contributed by atoms with Gasteiger partial charge in [-0.25, -0.2) is 0 Å². The van der Waals surface area contributed by atoms with Gasteiger partial charge in [-0.1, -0.05) is 38.1 Å². The maximum atomic E-state index is 12.9. The van der Waals surface area contributed by atoms with Gasteiger partial charge in [0.05, 0.1) is 20.8 Å². The van der Waals surface area contributed by atoms with Gasteiger partial charge in [0.2, 0.25) is 5.91 Å². The molecule has 6 nitrogen and oxygen atoms in total. The number of amides is 1. The Morgan fingerprint density at radius 1 is 1.03 bits per heavy atom. The summed E-state index contributed by atoms with van der Waals surface area (Å²) in [6, 6.07) is 16.6. The fraction of sp³-hybridized carbons (Fsp3) is 0.519. The molecule has 2 aromatic carbocycles. The average Bonchev–Trinajstić information content (AvgIpc) is 3.23. The van der Waals surface area contributed by atoms with Gasteiger partial charge in [0.1, 0.15) is 11.5 Å². The molecule has 33 heavy (non-hydrogen) atoms. The Morgan fingerprint density at radius 2 is 1.76 bits per heavy atom. The van der Waals surface area contributed by atoms with E-state index in [-0.39, 0.29) is 11.8 Å².